The van der Waals surface area contributed by atoms with Crippen molar-refractivity contribution >= 4 is 18.0 Å². The number of nitrogens with two attached hydrogens (primary N) is 1. The van der Waals surface area contributed by atoms with Gasteiger partial charge in [0.05, 0.1) is 7.11 Å². The first-order valence-corrected chi connectivity index (χ1v) is 8.48. The Morgan fingerprint density at radius 2 is 1.89 bits per heavy atom. The van der Waals surface area contributed by atoms with Gasteiger partial charge in [-0.2, -0.15) is 0 Å². The van der Waals surface area contributed by atoms with Crippen molar-refractivity contribution in [2.24, 2.45) is 5.73 Å². The maximum absolute atomic E-state index is 12.0. The molecule has 2 aromatic carbocycles. The van der Waals surface area contributed by atoms with Gasteiger partial charge in [0.2, 0.25) is 0 Å². The van der Waals surface area contributed by atoms with Crippen LogP contribution >= 0.6 is 0 Å². The number of amides is 1. The fourth-order valence-electron chi connectivity index (χ4n) is 2.31. The Labute approximate surface area is 158 Å². The second-order valence-electron chi connectivity index (χ2n) is 6.15. The third-order valence-corrected chi connectivity index (χ3v) is 3.71. The van der Waals surface area contributed by atoms with Gasteiger partial charge in [-0.05, 0) is 47.4 Å². The van der Waals surface area contributed by atoms with Gasteiger partial charge in [0.25, 0.3) is 5.91 Å². The molecule has 2 aromatic rings. The lowest BCUT2D eigenvalue weighted by Gasteiger charge is -2.10. The summed E-state index contributed by atoms with van der Waals surface area (Å²) in [7, 11) is 1.48. The molecule has 0 aliphatic rings. The summed E-state index contributed by atoms with van der Waals surface area (Å²) in [6, 6.07) is 12.5. The quantitative estimate of drug-likeness (QED) is 0.438. The molecule has 0 spiro atoms. The van der Waals surface area contributed by atoms with Gasteiger partial charge >= 0.3 is 5.97 Å². The normalized spacial score (nSPS) is 10.8. The van der Waals surface area contributed by atoms with Crippen molar-refractivity contribution in [3.05, 3.63) is 59.7 Å². The van der Waals surface area contributed by atoms with Gasteiger partial charge in [0.15, 0.2) is 18.1 Å². The van der Waals surface area contributed by atoms with Crippen molar-refractivity contribution in [3.63, 3.8) is 0 Å². The van der Waals surface area contributed by atoms with Gasteiger partial charge in [-0.3, -0.25) is 4.79 Å². The number of ether oxygens (including phenoxy) is 3. The summed E-state index contributed by atoms with van der Waals surface area (Å²) in [5.41, 5.74) is 6.88. The molecular weight excluding hydrogens is 346 g/mol. The Morgan fingerprint density at radius 3 is 2.56 bits per heavy atom. The molecule has 0 unspecified atom stereocenters. The number of methoxy groups -OCH3 is 1. The number of hydrogen-bond donors (Lipinski definition) is 1. The lowest BCUT2D eigenvalue weighted by molar-refractivity contribution is -0.129. The number of esters is 1. The van der Waals surface area contributed by atoms with Gasteiger partial charge in [0.1, 0.15) is 5.75 Å². The molecule has 0 bridgehead atoms. The summed E-state index contributed by atoms with van der Waals surface area (Å²) in [6.45, 7) is 3.91. The molecule has 0 aromatic heterocycles. The second-order valence-corrected chi connectivity index (χ2v) is 6.15. The lowest BCUT2D eigenvalue weighted by Crippen LogP contribution is -2.20. The third kappa shape index (κ3) is 6.18. The molecule has 142 valence electrons. The average Bonchev–Trinajstić information content (AvgIpc) is 2.65. The molecule has 0 aliphatic heterocycles. The zero-order valence-electron chi connectivity index (χ0n) is 15.6. The van der Waals surface area contributed by atoms with E-state index in [-0.39, 0.29) is 6.61 Å². The highest BCUT2D eigenvalue weighted by Gasteiger charge is 2.07. The standard InChI is InChI=1S/C21H23NO5/c1-14(2)16-5-4-6-17(12-16)27-21(24)10-8-15-7-9-18(19(11-15)25-3)26-13-20(22)23/h4-12,14H,13H2,1-3H3,(H2,22,23)/b10-8+. The molecular formula is C21H23NO5. The highest BCUT2D eigenvalue weighted by molar-refractivity contribution is 5.88. The molecule has 1 amide bonds. The molecule has 0 aliphatic carbocycles. The van der Waals surface area contributed by atoms with Crippen molar-refractivity contribution in [3.8, 4) is 17.2 Å². The van der Waals surface area contributed by atoms with Crippen LogP contribution in [-0.4, -0.2) is 25.6 Å². The fraction of sp³-hybridized carbons (Fsp3) is 0.238. The summed E-state index contributed by atoms with van der Waals surface area (Å²) in [5, 5.41) is 0. The summed E-state index contributed by atoms with van der Waals surface area (Å²) >= 11 is 0. The van der Waals surface area contributed by atoms with Crippen molar-refractivity contribution in [1.82, 2.24) is 0 Å². The SMILES string of the molecule is COc1cc(/C=C/C(=O)Oc2cccc(C(C)C)c2)ccc1OCC(N)=O. The van der Waals surface area contributed by atoms with Crippen molar-refractivity contribution in [2.75, 3.05) is 13.7 Å². The minimum absolute atomic E-state index is 0.243. The number of primary amides is 1. The van der Waals surface area contributed by atoms with Crippen molar-refractivity contribution in [1.29, 1.82) is 0 Å². The van der Waals surface area contributed by atoms with E-state index < -0.39 is 11.9 Å². The Morgan fingerprint density at radius 1 is 1.11 bits per heavy atom. The molecule has 0 atom stereocenters. The summed E-state index contributed by atoms with van der Waals surface area (Å²) < 4.78 is 15.8. The van der Waals surface area contributed by atoms with E-state index in [4.69, 9.17) is 19.9 Å². The van der Waals surface area contributed by atoms with Gasteiger partial charge < -0.3 is 19.9 Å². The molecule has 2 N–H and O–H groups in total. The minimum atomic E-state index is -0.578. The molecule has 6 heteroatoms. The first kappa shape index (κ1) is 20.0. The van der Waals surface area contributed by atoms with Crippen LogP contribution in [-0.2, 0) is 9.59 Å². The highest BCUT2D eigenvalue weighted by atomic mass is 16.5. The topological polar surface area (TPSA) is 87.8 Å². The van der Waals surface area contributed by atoms with E-state index in [9.17, 15) is 9.59 Å². The predicted molar refractivity (Wildman–Crippen MR) is 103 cm³/mol. The third-order valence-electron chi connectivity index (χ3n) is 3.71. The van der Waals surface area contributed by atoms with Crippen LogP contribution in [0.15, 0.2) is 48.5 Å². The average molecular weight is 369 g/mol. The van der Waals surface area contributed by atoms with E-state index in [0.29, 0.717) is 28.7 Å². The zero-order valence-corrected chi connectivity index (χ0v) is 15.6. The molecule has 0 saturated heterocycles. The lowest BCUT2D eigenvalue weighted by atomic mass is 10.0. The Hall–Kier alpha value is -3.28. The maximum Gasteiger partial charge on any atom is 0.336 e. The summed E-state index contributed by atoms with van der Waals surface area (Å²) in [4.78, 5) is 22.9. The van der Waals surface area contributed by atoms with Crippen LogP contribution in [0.2, 0.25) is 0 Å². The van der Waals surface area contributed by atoms with E-state index in [1.54, 1.807) is 30.3 Å². The molecule has 0 heterocycles. The van der Waals surface area contributed by atoms with E-state index in [0.717, 1.165) is 5.56 Å². The van der Waals surface area contributed by atoms with E-state index in [1.807, 2.05) is 18.2 Å². The highest BCUT2D eigenvalue weighted by Crippen LogP contribution is 2.28. The van der Waals surface area contributed by atoms with Gasteiger partial charge in [-0.1, -0.05) is 32.0 Å². The van der Waals surface area contributed by atoms with Gasteiger partial charge in [-0.25, -0.2) is 4.79 Å². The second kappa shape index (κ2) is 9.43. The smallest absolute Gasteiger partial charge is 0.336 e. The molecule has 27 heavy (non-hydrogen) atoms. The summed E-state index contributed by atoms with van der Waals surface area (Å²) in [6.07, 6.45) is 2.94. The van der Waals surface area contributed by atoms with Crippen molar-refractivity contribution < 1.29 is 23.8 Å². The Kier molecular flexibility index (Phi) is 7.00. The summed E-state index contributed by atoms with van der Waals surface area (Å²) in [5.74, 6) is 0.609. The van der Waals surface area contributed by atoms with Gasteiger partial charge in [-0.15, -0.1) is 0 Å². The van der Waals surface area contributed by atoms with E-state index in [2.05, 4.69) is 13.8 Å². The predicted octanol–water partition coefficient (Wildman–Crippen LogP) is 3.30. The van der Waals surface area contributed by atoms with Crippen LogP contribution in [0.1, 0.15) is 30.9 Å². The number of benzene rings is 2. The number of rotatable bonds is 8. The molecule has 0 fully saturated rings. The van der Waals surface area contributed by atoms with Crippen LogP contribution in [0.3, 0.4) is 0 Å². The Balaban J connectivity index is 2.05. The largest absolute Gasteiger partial charge is 0.493 e. The van der Waals surface area contributed by atoms with Crippen molar-refractivity contribution in [2.45, 2.75) is 19.8 Å². The maximum atomic E-state index is 12.0. The minimum Gasteiger partial charge on any atom is -0.493 e. The monoisotopic (exact) mass is 369 g/mol. The number of hydrogen-bond acceptors (Lipinski definition) is 5. The first-order valence-electron chi connectivity index (χ1n) is 8.48. The first-order chi connectivity index (χ1) is 12.9. The van der Waals surface area contributed by atoms with Crippen LogP contribution in [0.25, 0.3) is 6.08 Å². The van der Waals surface area contributed by atoms with Crippen LogP contribution in [0.4, 0.5) is 0 Å². The Bertz CT molecular complexity index is 842. The van der Waals surface area contributed by atoms with Crippen LogP contribution in [0.5, 0.6) is 17.2 Å². The van der Waals surface area contributed by atoms with Crippen LogP contribution in [0, 0.1) is 0 Å². The zero-order chi connectivity index (χ0) is 19.8. The van der Waals surface area contributed by atoms with Gasteiger partial charge in [0, 0.05) is 6.08 Å². The van der Waals surface area contributed by atoms with E-state index in [1.165, 1.54) is 13.2 Å². The molecule has 6 nitrogen and oxygen atoms in total. The van der Waals surface area contributed by atoms with E-state index >= 15 is 0 Å². The molecule has 2 rings (SSSR count). The fourth-order valence-corrected chi connectivity index (χ4v) is 2.31. The molecule has 0 radical (unpaired) electrons. The number of carbonyl (C=O) groups is 2. The van der Waals surface area contributed by atoms with Crippen LogP contribution < -0.4 is 19.9 Å². The molecule has 0 saturated carbocycles. The number of carbonyl (C=O) groups excluding carboxylic acids is 2.